The van der Waals surface area contributed by atoms with Crippen molar-refractivity contribution >= 4 is 34.5 Å². The number of nitrogens with zero attached hydrogens (tertiary/aromatic N) is 1. The van der Waals surface area contributed by atoms with Crippen molar-refractivity contribution < 1.29 is 23.5 Å². The first-order valence-corrected chi connectivity index (χ1v) is 9.48. The first-order valence-electron chi connectivity index (χ1n) is 9.11. The van der Waals surface area contributed by atoms with Crippen LogP contribution in [0, 0.1) is 0 Å². The number of carbonyl (C=O) groups excluding carboxylic acids is 2. The minimum absolute atomic E-state index is 0.0311. The topological polar surface area (TPSA) is 81.0 Å². The van der Waals surface area contributed by atoms with Gasteiger partial charge in [0.15, 0.2) is 12.3 Å². The summed E-state index contributed by atoms with van der Waals surface area (Å²) in [6.45, 7) is 2.14. The molecule has 2 aliphatic heterocycles. The molecule has 1 atom stereocenters. The monoisotopic (exact) mass is 412 g/mol. The minimum atomic E-state index is -1.29. The maximum absolute atomic E-state index is 13.3. The molecule has 5 rings (SSSR count). The number of para-hydroxylation sites is 1. The molecule has 0 aliphatic carbocycles. The number of ether oxygens (including phenoxy) is 2. The lowest BCUT2D eigenvalue weighted by molar-refractivity contribution is -0.132. The number of benzene rings is 2. The summed E-state index contributed by atoms with van der Waals surface area (Å²) in [7, 11) is 0. The number of hydrogen-bond donors (Lipinski definition) is 1. The lowest BCUT2D eigenvalue weighted by Gasteiger charge is -2.23. The van der Waals surface area contributed by atoms with E-state index in [0.717, 1.165) is 15.8 Å². The van der Waals surface area contributed by atoms with E-state index in [2.05, 4.69) is 5.32 Å². The molecule has 8 heteroatoms. The van der Waals surface area contributed by atoms with Gasteiger partial charge in [-0.15, -0.1) is 0 Å². The summed E-state index contributed by atoms with van der Waals surface area (Å²) >= 11 is 6.21. The van der Waals surface area contributed by atoms with Crippen LogP contribution in [0.4, 0.5) is 4.79 Å². The highest BCUT2D eigenvalue weighted by molar-refractivity contribution is 6.30. The summed E-state index contributed by atoms with van der Waals surface area (Å²) in [5.41, 5.74) is 0.791. The number of furan rings is 1. The molecule has 0 bridgehead atoms. The summed E-state index contributed by atoms with van der Waals surface area (Å²) < 4.78 is 16.7. The first-order chi connectivity index (χ1) is 14.0. The Balaban J connectivity index is 1.49. The van der Waals surface area contributed by atoms with Crippen molar-refractivity contribution in [2.45, 2.75) is 25.6 Å². The molecule has 1 unspecified atom stereocenters. The van der Waals surface area contributed by atoms with E-state index in [9.17, 15) is 9.59 Å². The van der Waals surface area contributed by atoms with Gasteiger partial charge in [-0.05, 0) is 31.2 Å². The average Bonchev–Trinajstić information content (AvgIpc) is 3.24. The van der Waals surface area contributed by atoms with Crippen LogP contribution in [0.3, 0.4) is 0 Å². The van der Waals surface area contributed by atoms with Crippen LogP contribution < -0.4 is 10.1 Å². The third-order valence-corrected chi connectivity index (χ3v) is 5.49. The van der Waals surface area contributed by atoms with Gasteiger partial charge in [-0.3, -0.25) is 9.69 Å². The Morgan fingerprint density at radius 1 is 1.21 bits per heavy atom. The Morgan fingerprint density at radius 3 is 2.86 bits per heavy atom. The van der Waals surface area contributed by atoms with Gasteiger partial charge in [0.2, 0.25) is 0 Å². The van der Waals surface area contributed by atoms with Crippen molar-refractivity contribution in [1.82, 2.24) is 10.2 Å². The van der Waals surface area contributed by atoms with Gasteiger partial charge >= 0.3 is 6.03 Å². The number of urea groups is 1. The van der Waals surface area contributed by atoms with Crippen LogP contribution in [-0.4, -0.2) is 23.6 Å². The fourth-order valence-electron chi connectivity index (χ4n) is 3.78. The number of carbonyl (C=O) groups is 2. The zero-order valence-electron chi connectivity index (χ0n) is 15.5. The van der Waals surface area contributed by atoms with Crippen LogP contribution in [-0.2, 0) is 28.2 Å². The zero-order chi connectivity index (χ0) is 20.2. The molecule has 1 saturated heterocycles. The molecule has 1 N–H and O–H groups in total. The van der Waals surface area contributed by atoms with Crippen LogP contribution in [0.15, 0.2) is 46.9 Å². The Kier molecular flexibility index (Phi) is 4.04. The second-order valence-corrected chi connectivity index (χ2v) is 7.70. The minimum Gasteiger partial charge on any atom is -0.467 e. The van der Waals surface area contributed by atoms with Gasteiger partial charge < -0.3 is 19.2 Å². The summed E-state index contributed by atoms with van der Waals surface area (Å²) in [6, 6.07) is 12.2. The molecule has 29 heavy (non-hydrogen) atoms. The number of amides is 3. The van der Waals surface area contributed by atoms with E-state index in [1.807, 2.05) is 24.3 Å². The van der Waals surface area contributed by atoms with Crippen LogP contribution >= 0.6 is 11.6 Å². The maximum atomic E-state index is 13.3. The predicted molar refractivity (Wildman–Crippen MR) is 104 cm³/mol. The fourth-order valence-corrected chi connectivity index (χ4v) is 4.04. The van der Waals surface area contributed by atoms with E-state index in [-0.39, 0.29) is 13.3 Å². The highest BCUT2D eigenvalue weighted by Gasteiger charge is 2.51. The van der Waals surface area contributed by atoms with Gasteiger partial charge in [-0.1, -0.05) is 29.8 Å². The van der Waals surface area contributed by atoms with Gasteiger partial charge in [0, 0.05) is 21.5 Å². The fraction of sp³-hybridized carbons (Fsp3) is 0.238. The Labute approximate surface area is 171 Å². The normalized spacial score (nSPS) is 21.2. The van der Waals surface area contributed by atoms with Crippen molar-refractivity contribution in [2.24, 2.45) is 0 Å². The van der Waals surface area contributed by atoms with Gasteiger partial charge in [0.05, 0.1) is 13.2 Å². The molecule has 7 nitrogen and oxygen atoms in total. The second kappa shape index (κ2) is 6.50. The predicted octanol–water partition coefficient (Wildman–Crippen LogP) is 3.92. The molecule has 3 heterocycles. The van der Waals surface area contributed by atoms with Crippen LogP contribution in [0.1, 0.15) is 23.8 Å². The molecule has 3 amide bonds. The number of fused-ring (bicyclic) bond motifs is 2. The molecule has 148 valence electrons. The molecule has 0 saturated carbocycles. The van der Waals surface area contributed by atoms with Crippen LogP contribution in [0.2, 0.25) is 5.02 Å². The number of imide groups is 1. The van der Waals surface area contributed by atoms with Gasteiger partial charge in [-0.25, -0.2) is 4.79 Å². The largest absolute Gasteiger partial charge is 0.467 e. The lowest BCUT2D eigenvalue weighted by atomic mass is 9.98. The van der Waals surface area contributed by atoms with Crippen molar-refractivity contribution in [1.29, 1.82) is 0 Å². The van der Waals surface area contributed by atoms with E-state index in [4.69, 9.17) is 25.5 Å². The molecule has 1 fully saturated rings. The smallest absolute Gasteiger partial charge is 0.325 e. The van der Waals surface area contributed by atoms with Crippen molar-refractivity contribution in [2.75, 3.05) is 6.79 Å². The average molecular weight is 413 g/mol. The standard InChI is InChI=1S/C21H17ClN2O5/c1-21(17-8-12-4-2-3-5-16(12)29-17)19(25)24(20(26)23-21)9-13-6-15(22)7-14-10-27-11-28-18(13)14/h2-8H,9-11H2,1H3,(H,23,26). The van der Waals surface area contributed by atoms with Crippen LogP contribution in [0.5, 0.6) is 5.75 Å². The van der Waals surface area contributed by atoms with E-state index in [0.29, 0.717) is 34.3 Å². The van der Waals surface area contributed by atoms with Crippen molar-refractivity contribution in [3.63, 3.8) is 0 Å². The molecule has 0 radical (unpaired) electrons. The molecule has 0 spiro atoms. The second-order valence-electron chi connectivity index (χ2n) is 7.26. The van der Waals surface area contributed by atoms with Gasteiger partial charge in [-0.2, -0.15) is 0 Å². The van der Waals surface area contributed by atoms with Gasteiger partial charge in [0.25, 0.3) is 5.91 Å². The SMILES string of the molecule is CC1(c2cc3ccccc3o2)NC(=O)N(Cc2cc(Cl)cc3c2OCOC3)C1=O. The first kappa shape index (κ1) is 18.0. The Hall–Kier alpha value is -3.03. The molecular formula is C21H17ClN2O5. The maximum Gasteiger partial charge on any atom is 0.325 e. The molecule has 1 aromatic heterocycles. The van der Waals surface area contributed by atoms with Crippen molar-refractivity contribution in [3.05, 3.63) is 64.4 Å². The number of hydrogen-bond acceptors (Lipinski definition) is 5. The summed E-state index contributed by atoms with van der Waals surface area (Å²) in [6.07, 6.45) is 0. The summed E-state index contributed by atoms with van der Waals surface area (Å²) in [5.74, 6) is 0.582. The zero-order valence-corrected chi connectivity index (χ0v) is 16.3. The molecule has 2 aliphatic rings. The lowest BCUT2D eigenvalue weighted by Crippen LogP contribution is -2.40. The Bertz CT molecular complexity index is 1120. The van der Waals surface area contributed by atoms with Crippen molar-refractivity contribution in [3.8, 4) is 5.75 Å². The van der Waals surface area contributed by atoms with E-state index >= 15 is 0 Å². The molecule has 2 aromatic carbocycles. The number of halogens is 1. The highest BCUT2D eigenvalue weighted by Crippen LogP contribution is 2.36. The van der Waals surface area contributed by atoms with Gasteiger partial charge in [0.1, 0.15) is 17.1 Å². The molecular weight excluding hydrogens is 396 g/mol. The third-order valence-electron chi connectivity index (χ3n) is 5.27. The Morgan fingerprint density at radius 2 is 2.03 bits per heavy atom. The summed E-state index contributed by atoms with van der Waals surface area (Å²) in [4.78, 5) is 27.1. The van der Waals surface area contributed by atoms with E-state index in [1.54, 1.807) is 25.1 Å². The number of rotatable bonds is 3. The quantitative estimate of drug-likeness (QED) is 0.659. The highest BCUT2D eigenvalue weighted by atomic mass is 35.5. The molecule has 3 aromatic rings. The van der Waals surface area contributed by atoms with E-state index < -0.39 is 17.5 Å². The van der Waals surface area contributed by atoms with E-state index in [1.165, 1.54) is 0 Å². The third kappa shape index (κ3) is 2.85. The number of nitrogens with one attached hydrogen (secondary N) is 1. The van der Waals surface area contributed by atoms with Crippen LogP contribution in [0.25, 0.3) is 11.0 Å². The summed E-state index contributed by atoms with van der Waals surface area (Å²) in [5, 5.41) is 4.12.